The van der Waals surface area contributed by atoms with Crippen LogP contribution in [0.1, 0.15) is 0 Å². The van der Waals surface area contributed by atoms with Gasteiger partial charge in [0.25, 0.3) is 5.69 Å². The van der Waals surface area contributed by atoms with Crippen molar-refractivity contribution < 1.29 is 19.2 Å². The highest BCUT2D eigenvalue weighted by Gasteiger charge is 2.24. The van der Waals surface area contributed by atoms with Gasteiger partial charge in [-0.1, -0.05) is 0 Å². The predicted molar refractivity (Wildman–Crippen MR) is 61.8 cm³/mol. The number of ether oxygens (including phenoxy) is 2. The van der Waals surface area contributed by atoms with Crippen molar-refractivity contribution in [3.63, 3.8) is 0 Å². The molecule has 1 amide bonds. The Morgan fingerprint density at radius 3 is 2.72 bits per heavy atom. The van der Waals surface area contributed by atoms with Crippen LogP contribution in [-0.4, -0.2) is 31.2 Å². The molecule has 96 valence electrons. The van der Waals surface area contributed by atoms with Crippen LogP contribution in [0.3, 0.4) is 0 Å². The van der Waals surface area contributed by atoms with Gasteiger partial charge in [-0.15, -0.1) is 0 Å². The molecule has 0 fully saturated rings. The van der Waals surface area contributed by atoms with Gasteiger partial charge in [0.15, 0.2) is 11.5 Å². The summed E-state index contributed by atoms with van der Waals surface area (Å²) in [6.45, 7) is 0.0754. The van der Waals surface area contributed by atoms with E-state index in [2.05, 4.69) is 10.6 Å². The molecule has 0 bridgehead atoms. The van der Waals surface area contributed by atoms with Gasteiger partial charge in [0.05, 0.1) is 17.5 Å². The largest absolute Gasteiger partial charge is 0.454 e. The highest BCUT2D eigenvalue weighted by atomic mass is 16.7. The molecule has 0 aromatic heterocycles. The second-order valence-corrected chi connectivity index (χ2v) is 3.56. The van der Waals surface area contributed by atoms with Crippen molar-refractivity contribution in [1.29, 1.82) is 0 Å². The smallest absolute Gasteiger partial charge is 0.296 e. The molecule has 1 heterocycles. The summed E-state index contributed by atoms with van der Waals surface area (Å²) in [5.41, 5.74) is -0.145. The van der Waals surface area contributed by atoms with Crippen molar-refractivity contribution >= 4 is 17.3 Å². The number of nitro benzene ring substituents is 1. The summed E-state index contributed by atoms with van der Waals surface area (Å²) in [6.07, 6.45) is 0. The number of rotatable bonds is 4. The average molecular weight is 253 g/mol. The standard InChI is InChI=1S/C10H11N3O5/c1-11-4-10(14)12-6-2-8-9(18-5-17-8)3-7(6)13(15)16/h2-3,11H,4-5H2,1H3,(H,12,14). The Kier molecular flexibility index (Phi) is 3.28. The van der Waals surface area contributed by atoms with E-state index in [-0.39, 0.29) is 30.6 Å². The molecule has 0 saturated carbocycles. The maximum atomic E-state index is 11.4. The Balaban J connectivity index is 2.32. The van der Waals surface area contributed by atoms with Gasteiger partial charge >= 0.3 is 0 Å². The Bertz CT molecular complexity index is 503. The summed E-state index contributed by atoms with van der Waals surface area (Å²) in [6, 6.07) is 2.62. The fourth-order valence-electron chi connectivity index (χ4n) is 1.54. The van der Waals surface area contributed by atoms with Gasteiger partial charge in [-0.3, -0.25) is 14.9 Å². The third kappa shape index (κ3) is 2.33. The van der Waals surface area contributed by atoms with Crippen LogP contribution in [0.5, 0.6) is 11.5 Å². The first kappa shape index (κ1) is 12.1. The van der Waals surface area contributed by atoms with Crippen LogP contribution in [0, 0.1) is 10.1 Å². The maximum Gasteiger partial charge on any atom is 0.296 e. The van der Waals surface area contributed by atoms with Crippen LogP contribution in [0.15, 0.2) is 12.1 Å². The third-order valence-electron chi connectivity index (χ3n) is 2.30. The van der Waals surface area contributed by atoms with Crippen LogP contribution < -0.4 is 20.1 Å². The summed E-state index contributed by atoms with van der Waals surface area (Å²) in [7, 11) is 1.60. The number of benzene rings is 1. The quantitative estimate of drug-likeness (QED) is 0.597. The van der Waals surface area contributed by atoms with Crippen LogP contribution in [0.2, 0.25) is 0 Å². The van der Waals surface area contributed by atoms with Gasteiger partial charge in [0, 0.05) is 6.07 Å². The first-order valence-corrected chi connectivity index (χ1v) is 5.14. The summed E-state index contributed by atoms with van der Waals surface area (Å²) in [4.78, 5) is 21.7. The topological polar surface area (TPSA) is 103 Å². The van der Waals surface area contributed by atoms with E-state index in [4.69, 9.17) is 9.47 Å². The van der Waals surface area contributed by atoms with Crippen molar-refractivity contribution in [2.24, 2.45) is 0 Å². The molecule has 0 aliphatic carbocycles. The van der Waals surface area contributed by atoms with Crippen molar-refractivity contribution in [3.05, 3.63) is 22.2 Å². The zero-order chi connectivity index (χ0) is 13.1. The lowest BCUT2D eigenvalue weighted by Gasteiger charge is -2.06. The normalized spacial score (nSPS) is 12.3. The highest BCUT2D eigenvalue weighted by Crippen LogP contribution is 2.40. The zero-order valence-electron chi connectivity index (χ0n) is 9.56. The molecule has 18 heavy (non-hydrogen) atoms. The van der Waals surface area contributed by atoms with E-state index in [0.29, 0.717) is 11.5 Å². The lowest BCUT2D eigenvalue weighted by molar-refractivity contribution is -0.384. The molecule has 2 N–H and O–H groups in total. The molecule has 0 unspecified atom stereocenters. The predicted octanol–water partition coefficient (Wildman–Crippen LogP) is 0.481. The fourth-order valence-corrected chi connectivity index (χ4v) is 1.54. The number of nitro groups is 1. The first-order valence-electron chi connectivity index (χ1n) is 5.14. The van der Waals surface area contributed by atoms with Gasteiger partial charge in [0.2, 0.25) is 12.7 Å². The number of hydrogen-bond donors (Lipinski definition) is 2. The van der Waals surface area contributed by atoms with E-state index < -0.39 is 4.92 Å². The van der Waals surface area contributed by atoms with E-state index >= 15 is 0 Å². The van der Waals surface area contributed by atoms with Gasteiger partial charge < -0.3 is 20.1 Å². The molecule has 1 aliphatic rings. The zero-order valence-corrected chi connectivity index (χ0v) is 9.56. The molecule has 0 spiro atoms. The van der Waals surface area contributed by atoms with Crippen molar-refractivity contribution in [1.82, 2.24) is 5.32 Å². The summed E-state index contributed by atoms with van der Waals surface area (Å²) >= 11 is 0. The second kappa shape index (κ2) is 4.88. The number of nitrogens with one attached hydrogen (secondary N) is 2. The Morgan fingerprint density at radius 1 is 1.44 bits per heavy atom. The lowest BCUT2D eigenvalue weighted by Crippen LogP contribution is -2.25. The van der Waals surface area contributed by atoms with Gasteiger partial charge in [-0.05, 0) is 7.05 Å². The number of anilines is 1. The van der Waals surface area contributed by atoms with Gasteiger partial charge in [0.1, 0.15) is 5.69 Å². The maximum absolute atomic E-state index is 11.4. The van der Waals surface area contributed by atoms with Gasteiger partial charge in [-0.25, -0.2) is 0 Å². The number of amides is 1. The molecular weight excluding hydrogens is 242 g/mol. The number of carbonyl (C=O) groups excluding carboxylic acids is 1. The summed E-state index contributed by atoms with van der Waals surface area (Å²) < 4.78 is 10.1. The number of hydrogen-bond acceptors (Lipinski definition) is 6. The molecule has 8 heteroatoms. The van der Waals surface area contributed by atoms with Crippen LogP contribution in [0.4, 0.5) is 11.4 Å². The van der Waals surface area contributed by atoms with Crippen molar-refractivity contribution in [2.45, 2.75) is 0 Å². The molecule has 1 aromatic rings. The number of fused-ring (bicyclic) bond motifs is 1. The Morgan fingerprint density at radius 2 is 2.11 bits per heavy atom. The summed E-state index contributed by atoms with van der Waals surface area (Å²) in [5, 5.41) is 16.0. The number of nitrogens with zero attached hydrogens (tertiary/aromatic N) is 1. The van der Waals surface area contributed by atoms with E-state index in [0.717, 1.165) is 0 Å². The molecule has 2 rings (SSSR count). The van der Waals surface area contributed by atoms with E-state index in [1.807, 2.05) is 0 Å². The van der Waals surface area contributed by atoms with Crippen molar-refractivity contribution in [2.75, 3.05) is 25.7 Å². The number of likely N-dealkylation sites (N-methyl/N-ethyl adjacent to an activating group) is 1. The molecule has 0 saturated heterocycles. The van der Waals surface area contributed by atoms with Crippen molar-refractivity contribution in [3.8, 4) is 11.5 Å². The molecule has 1 aliphatic heterocycles. The average Bonchev–Trinajstić information content (AvgIpc) is 2.74. The molecule has 8 nitrogen and oxygen atoms in total. The van der Waals surface area contributed by atoms with Crippen LogP contribution in [-0.2, 0) is 4.79 Å². The number of carbonyl (C=O) groups is 1. The monoisotopic (exact) mass is 253 g/mol. The minimum Gasteiger partial charge on any atom is -0.454 e. The van der Waals surface area contributed by atoms with Crippen LogP contribution >= 0.6 is 0 Å². The van der Waals surface area contributed by atoms with E-state index in [1.165, 1.54) is 12.1 Å². The fraction of sp³-hybridized carbons (Fsp3) is 0.300. The summed E-state index contributed by atoms with van der Waals surface area (Å²) in [5.74, 6) is 0.299. The molecule has 0 atom stereocenters. The molecule has 1 aromatic carbocycles. The third-order valence-corrected chi connectivity index (χ3v) is 2.30. The first-order chi connectivity index (χ1) is 8.61. The highest BCUT2D eigenvalue weighted by molar-refractivity contribution is 5.95. The lowest BCUT2D eigenvalue weighted by atomic mass is 10.2. The minimum atomic E-state index is -0.586. The van der Waals surface area contributed by atoms with E-state index in [1.54, 1.807) is 7.05 Å². The second-order valence-electron chi connectivity index (χ2n) is 3.56. The van der Waals surface area contributed by atoms with Gasteiger partial charge in [-0.2, -0.15) is 0 Å². The molecule has 0 radical (unpaired) electrons. The molecular formula is C10H11N3O5. The van der Waals surface area contributed by atoms with E-state index in [9.17, 15) is 14.9 Å². The van der Waals surface area contributed by atoms with Crippen LogP contribution in [0.25, 0.3) is 0 Å². The minimum absolute atomic E-state index is 0.0143. The Labute approximate surface area is 102 Å². The Hall–Kier alpha value is -2.35. The SMILES string of the molecule is CNCC(=O)Nc1cc2c(cc1[N+](=O)[O-])OCO2.